The van der Waals surface area contributed by atoms with Crippen LogP contribution in [0.4, 0.5) is 5.69 Å². The molecule has 0 radical (unpaired) electrons. The van der Waals surface area contributed by atoms with Crippen LogP contribution >= 0.6 is 11.8 Å². The Morgan fingerprint density at radius 3 is 2.55 bits per heavy atom. The van der Waals surface area contributed by atoms with E-state index < -0.39 is 11.6 Å². The molecule has 4 nitrogen and oxygen atoms in total. The van der Waals surface area contributed by atoms with Gasteiger partial charge >= 0.3 is 0 Å². The van der Waals surface area contributed by atoms with Crippen molar-refractivity contribution in [3.63, 3.8) is 0 Å². The fraction of sp³-hybridized carbons (Fsp3) is 0.467. The lowest BCUT2D eigenvalue weighted by atomic mass is 9.95. The molecule has 0 saturated carbocycles. The third-order valence-electron chi connectivity index (χ3n) is 3.53. The maximum absolute atomic E-state index is 12.7. The van der Waals surface area contributed by atoms with Gasteiger partial charge in [0.25, 0.3) is 5.91 Å². The van der Waals surface area contributed by atoms with Gasteiger partial charge in [0.2, 0.25) is 5.91 Å². The smallest absolute Gasteiger partial charge is 0.252 e. The van der Waals surface area contributed by atoms with Gasteiger partial charge in [-0.15, -0.1) is 11.8 Å². The van der Waals surface area contributed by atoms with Gasteiger partial charge in [-0.05, 0) is 38.7 Å². The highest BCUT2D eigenvalue weighted by atomic mass is 32.2. The Kier molecular flexibility index (Phi) is 4.09. The summed E-state index contributed by atoms with van der Waals surface area (Å²) in [5.41, 5.74) is -0.0476. The molecule has 1 fully saturated rings. The molecule has 1 aromatic carbocycles. The van der Waals surface area contributed by atoms with Gasteiger partial charge in [-0.2, -0.15) is 0 Å². The summed E-state index contributed by atoms with van der Waals surface area (Å²) in [7, 11) is 0. The van der Waals surface area contributed by atoms with Gasteiger partial charge in [0.15, 0.2) is 0 Å². The Balaban J connectivity index is 2.54. The summed E-state index contributed by atoms with van der Waals surface area (Å²) in [6.07, 6.45) is 2.57. The maximum Gasteiger partial charge on any atom is 0.252 e. The van der Waals surface area contributed by atoms with E-state index in [-0.39, 0.29) is 11.8 Å². The molecule has 1 aliphatic heterocycles. The molecule has 1 saturated heterocycles. The minimum Gasteiger partial charge on any atom is -0.340 e. The van der Waals surface area contributed by atoms with Crippen molar-refractivity contribution in [2.75, 3.05) is 11.2 Å². The molecular formula is C15H20N2O2S. The molecule has 5 heteroatoms. The molecule has 1 unspecified atom stereocenters. The number of nitrogens with zero attached hydrogens (tertiary/aromatic N) is 1. The first-order valence-electron chi connectivity index (χ1n) is 6.71. The van der Waals surface area contributed by atoms with Crippen LogP contribution < -0.4 is 10.2 Å². The van der Waals surface area contributed by atoms with Crippen LogP contribution in [0.1, 0.15) is 27.2 Å². The van der Waals surface area contributed by atoms with Crippen LogP contribution in [0, 0.1) is 0 Å². The van der Waals surface area contributed by atoms with E-state index in [1.165, 1.54) is 0 Å². The van der Waals surface area contributed by atoms with E-state index in [0.29, 0.717) is 6.42 Å². The molecule has 0 aromatic heterocycles. The number of carbonyl (C=O) groups excluding carboxylic acids is 2. The number of para-hydroxylation sites is 1. The van der Waals surface area contributed by atoms with Crippen LogP contribution in [0.2, 0.25) is 0 Å². The molecule has 2 amide bonds. The molecule has 108 valence electrons. The minimum atomic E-state index is -0.867. The van der Waals surface area contributed by atoms with Crippen LogP contribution in [-0.2, 0) is 9.59 Å². The molecule has 1 heterocycles. The summed E-state index contributed by atoms with van der Waals surface area (Å²) in [4.78, 5) is 27.7. The van der Waals surface area contributed by atoms with Crippen molar-refractivity contribution in [2.24, 2.45) is 0 Å². The number of carbonyl (C=O) groups is 2. The fourth-order valence-electron chi connectivity index (χ4n) is 2.48. The predicted octanol–water partition coefficient (Wildman–Crippen LogP) is 2.43. The third kappa shape index (κ3) is 2.42. The summed E-state index contributed by atoms with van der Waals surface area (Å²) < 4.78 is 0. The Labute approximate surface area is 123 Å². The second-order valence-electron chi connectivity index (χ2n) is 5.39. The number of hydrogen-bond acceptors (Lipinski definition) is 3. The SMILES string of the molecule is CCC1C(=O)NC(C)(C)C(=O)N1c1ccccc1SC. The van der Waals surface area contributed by atoms with Crippen molar-refractivity contribution in [3.8, 4) is 0 Å². The van der Waals surface area contributed by atoms with E-state index in [2.05, 4.69) is 5.32 Å². The highest BCUT2D eigenvalue weighted by Gasteiger charge is 2.45. The summed E-state index contributed by atoms with van der Waals surface area (Å²) in [5, 5.41) is 2.81. The molecule has 2 rings (SSSR count). The van der Waals surface area contributed by atoms with Gasteiger partial charge in [0.05, 0.1) is 5.69 Å². The normalized spacial score (nSPS) is 21.8. The average Bonchev–Trinajstić information content (AvgIpc) is 2.42. The quantitative estimate of drug-likeness (QED) is 0.871. The summed E-state index contributed by atoms with van der Waals surface area (Å²) >= 11 is 1.58. The molecule has 0 aliphatic carbocycles. The van der Waals surface area contributed by atoms with Gasteiger partial charge in [0, 0.05) is 4.90 Å². The number of nitrogens with one attached hydrogen (secondary N) is 1. The van der Waals surface area contributed by atoms with E-state index in [1.807, 2.05) is 37.4 Å². The van der Waals surface area contributed by atoms with E-state index in [1.54, 1.807) is 30.5 Å². The topological polar surface area (TPSA) is 49.4 Å². The van der Waals surface area contributed by atoms with E-state index in [0.717, 1.165) is 10.6 Å². The molecular weight excluding hydrogens is 272 g/mol. The number of rotatable bonds is 3. The fourth-order valence-corrected chi connectivity index (χ4v) is 3.07. The number of piperazine rings is 1. The van der Waals surface area contributed by atoms with E-state index >= 15 is 0 Å². The van der Waals surface area contributed by atoms with E-state index in [4.69, 9.17) is 0 Å². The molecule has 0 spiro atoms. The monoisotopic (exact) mass is 292 g/mol. The maximum atomic E-state index is 12.7. The molecule has 20 heavy (non-hydrogen) atoms. The van der Waals surface area contributed by atoms with Crippen LogP contribution in [0.25, 0.3) is 0 Å². The second kappa shape index (κ2) is 5.48. The van der Waals surface area contributed by atoms with Gasteiger partial charge in [-0.1, -0.05) is 19.1 Å². The lowest BCUT2D eigenvalue weighted by molar-refractivity contribution is -0.137. The third-order valence-corrected chi connectivity index (χ3v) is 4.32. The number of benzene rings is 1. The highest BCUT2D eigenvalue weighted by Crippen LogP contribution is 2.33. The first-order chi connectivity index (χ1) is 9.42. The lowest BCUT2D eigenvalue weighted by Crippen LogP contribution is -2.68. The van der Waals surface area contributed by atoms with Crippen molar-refractivity contribution in [2.45, 2.75) is 43.7 Å². The Morgan fingerprint density at radius 2 is 1.95 bits per heavy atom. The van der Waals surface area contributed by atoms with Crippen LogP contribution in [0.5, 0.6) is 0 Å². The Bertz CT molecular complexity index is 542. The number of thioether (sulfide) groups is 1. The zero-order valence-corrected chi connectivity index (χ0v) is 13.1. The van der Waals surface area contributed by atoms with Gasteiger partial charge in [0.1, 0.15) is 11.6 Å². The highest BCUT2D eigenvalue weighted by molar-refractivity contribution is 7.98. The van der Waals surface area contributed by atoms with Gasteiger partial charge in [-0.25, -0.2) is 0 Å². The zero-order chi connectivity index (χ0) is 14.9. The van der Waals surface area contributed by atoms with Crippen LogP contribution in [-0.4, -0.2) is 29.7 Å². The molecule has 1 atom stereocenters. The van der Waals surface area contributed by atoms with Crippen molar-refractivity contribution >= 4 is 29.3 Å². The number of amides is 2. The van der Waals surface area contributed by atoms with Gasteiger partial charge < -0.3 is 5.32 Å². The largest absolute Gasteiger partial charge is 0.340 e. The lowest BCUT2D eigenvalue weighted by Gasteiger charge is -2.43. The first kappa shape index (κ1) is 14.9. The van der Waals surface area contributed by atoms with Crippen molar-refractivity contribution in [1.82, 2.24) is 5.32 Å². The average molecular weight is 292 g/mol. The predicted molar refractivity (Wildman–Crippen MR) is 82.0 cm³/mol. The van der Waals surface area contributed by atoms with Crippen LogP contribution in [0.15, 0.2) is 29.2 Å². The number of hydrogen-bond donors (Lipinski definition) is 1. The molecule has 1 aromatic rings. The molecule has 1 N–H and O–H groups in total. The zero-order valence-electron chi connectivity index (χ0n) is 12.3. The summed E-state index contributed by atoms with van der Waals surface area (Å²) in [5.74, 6) is -0.154. The van der Waals surface area contributed by atoms with Crippen molar-refractivity contribution in [3.05, 3.63) is 24.3 Å². The second-order valence-corrected chi connectivity index (χ2v) is 6.23. The first-order valence-corrected chi connectivity index (χ1v) is 7.93. The van der Waals surface area contributed by atoms with E-state index in [9.17, 15) is 9.59 Å². The molecule has 1 aliphatic rings. The standard InChI is InChI=1S/C15H20N2O2S/c1-5-10-13(18)16-15(2,3)14(19)17(10)11-8-6-7-9-12(11)20-4/h6-10H,5H2,1-4H3,(H,16,18). The minimum absolute atomic E-state index is 0.0644. The number of anilines is 1. The molecule has 0 bridgehead atoms. The summed E-state index contributed by atoms with van der Waals surface area (Å²) in [6.45, 7) is 5.41. The van der Waals surface area contributed by atoms with Gasteiger partial charge in [-0.3, -0.25) is 14.5 Å². The van der Waals surface area contributed by atoms with Crippen molar-refractivity contribution < 1.29 is 9.59 Å². The van der Waals surface area contributed by atoms with Crippen molar-refractivity contribution in [1.29, 1.82) is 0 Å². The Morgan fingerprint density at radius 1 is 1.30 bits per heavy atom. The Hall–Kier alpha value is -1.49. The van der Waals surface area contributed by atoms with Crippen LogP contribution in [0.3, 0.4) is 0 Å². The summed E-state index contributed by atoms with van der Waals surface area (Å²) in [6, 6.07) is 7.27.